The van der Waals surface area contributed by atoms with Crippen molar-refractivity contribution in [3.63, 3.8) is 0 Å². The average molecular weight is 190 g/mol. The third kappa shape index (κ3) is 1.62. The topological polar surface area (TPSA) is 35.5 Å². The zero-order valence-corrected chi connectivity index (χ0v) is 7.60. The maximum absolute atomic E-state index is 10.7. The maximum Gasteiger partial charge on any atom is 0.201 e. The predicted octanol–water partition coefficient (Wildman–Crippen LogP) is 1.60. The molecule has 72 valence electrons. The Morgan fingerprint density at radius 2 is 1.79 bits per heavy atom. The smallest absolute Gasteiger partial charge is 0.201 e. The fraction of sp³-hybridized carbons (Fsp3) is 0.182. The van der Waals surface area contributed by atoms with Crippen LogP contribution in [0.2, 0.25) is 0 Å². The quantitative estimate of drug-likeness (QED) is 0.664. The second-order valence-corrected chi connectivity index (χ2v) is 2.87. The van der Waals surface area contributed by atoms with Crippen molar-refractivity contribution in [1.29, 1.82) is 0 Å². The van der Waals surface area contributed by atoms with Crippen LogP contribution in [-0.4, -0.2) is 19.5 Å². The van der Waals surface area contributed by atoms with Crippen LogP contribution in [0.1, 0.15) is 5.56 Å². The van der Waals surface area contributed by atoms with E-state index in [9.17, 15) is 4.79 Å². The van der Waals surface area contributed by atoms with Crippen LogP contribution in [0.3, 0.4) is 0 Å². The van der Waals surface area contributed by atoms with Crippen molar-refractivity contribution in [2.24, 2.45) is 0 Å². The van der Waals surface area contributed by atoms with Crippen LogP contribution in [0.15, 0.2) is 36.1 Å². The van der Waals surface area contributed by atoms with Crippen LogP contribution in [0.5, 0.6) is 0 Å². The first-order chi connectivity index (χ1) is 6.92. The summed E-state index contributed by atoms with van der Waals surface area (Å²) in [5, 5.41) is 0. The van der Waals surface area contributed by atoms with Crippen LogP contribution >= 0.6 is 0 Å². The Hall–Kier alpha value is -1.77. The van der Waals surface area contributed by atoms with E-state index in [-0.39, 0.29) is 5.76 Å². The summed E-state index contributed by atoms with van der Waals surface area (Å²) in [4.78, 5) is 10.7. The lowest BCUT2D eigenvalue weighted by molar-refractivity contribution is -0.108. The molecule has 1 aromatic rings. The summed E-state index contributed by atoms with van der Waals surface area (Å²) in [5.41, 5.74) is 0.870. The number of carbonyl (C=O) groups is 1. The Balaban J connectivity index is 2.40. The highest BCUT2D eigenvalue weighted by Crippen LogP contribution is 2.22. The van der Waals surface area contributed by atoms with Gasteiger partial charge in [-0.05, 0) is 0 Å². The molecule has 1 aliphatic heterocycles. The van der Waals surface area contributed by atoms with Crippen LogP contribution in [0.4, 0.5) is 0 Å². The van der Waals surface area contributed by atoms with E-state index in [0.29, 0.717) is 25.3 Å². The van der Waals surface area contributed by atoms with Gasteiger partial charge >= 0.3 is 0 Å². The summed E-state index contributed by atoms with van der Waals surface area (Å²) in [7, 11) is 0. The molecule has 0 N–H and O–H groups in total. The number of hydrogen-bond acceptors (Lipinski definition) is 3. The number of ether oxygens (including phenoxy) is 2. The molecule has 1 aliphatic rings. The number of aldehydes is 1. The molecule has 0 saturated carbocycles. The molecule has 2 rings (SSSR count). The van der Waals surface area contributed by atoms with Crippen LogP contribution in [0, 0.1) is 0 Å². The molecule has 3 nitrogen and oxygen atoms in total. The minimum Gasteiger partial charge on any atom is -0.485 e. The van der Waals surface area contributed by atoms with Gasteiger partial charge in [-0.25, -0.2) is 0 Å². The summed E-state index contributed by atoms with van der Waals surface area (Å²) in [6.45, 7) is 0.923. The highest BCUT2D eigenvalue weighted by Gasteiger charge is 2.15. The van der Waals surface area contributed by atoms with E-state index in [1.807, 2.05) is 30.3 Å². The summed E-state index contributed by atoms with van der Waals surface area (Å²) < 4.78 is 10.6. The van der Waals surface area contributed by atoms with Gasteiger partial charge in [0.1, 0.15) is 13.2 Å². The van der Waals surface area contributed by atoms with E-state index in [2.05, 4.69) is 0 Å². The number of carbonyl (C=O) groups excluding carboxylic acids is 1. The molecule has 0 unspecified atom stereocenters. The van der Waals surface area contributed by atoms with Crippen molar-refractivity contribution in [3.8, 4) is 0 Å². The van der Waals surface area contributed by atoms with Crippen LogP contribution in [0.25, 0.3) is 5.76 Å². The highest BCUT2D eigenvalue weighted by atomic mass is 16.6. The lowest BCUT2D eigenvalue weighted by Gasteiger charge is -2.18. The van der Waals surface area contributed by atoms with Crippen molar-refractivity contribution in [1.82, 2.24) is 0 Å². The summed E-state index contributed by atoms with van der Waals surface area (Å²) in [5.74, 6) is 0.814. The number of benzene rings is 1. The van der Waals surface area contributed by atoms with E-state index in [0.717, 1.165) is 5.56 Å². The molecule has 0 saturated heterocycles. The fourth-order valence-corrected chi connectivity index (χ4v) is 1.33. The van der Waals surface area contributed by atoms with E-state index >= 15 is 0 Å². The van der Waals surface area contributed by atoms with Crippen molar-refractivity contribution in [2.45, 2.75) is 0 Å². The molecule has 1 aromatic carbocycles. The monoisotopic (exact) mass is 190 g/mol. The molecule has 0 atom stereocenters. The first kappa shape index (κ1) is 8.81. The molecule has 0 spiro atoms. The van der Waals surface area contributed by atoms with Crippen molar-refractivity contribution in [2.75, 3.05) is 13.2 Å². The van der Waals surface area contributed by atoms with Crippen molar-refractivity contribution in [3.05, 3.63) is 41.7 Å². The second-order valence-electron chi connectivity index (χ2n) is 2.87. The van der Waals surface area contributed by atoms with Gasteiger partial charge in [0.2, 0.25) is 5.76 Å². The van der Waals surface area contributed by atoms with Crippen molar-refractivity contribution < 1.29 is 14.3 Å². The van der Waals surface area contributed by atoms with Crippen LogP contribution in [-0.2, 0) is 14.3 Å². The Labute approximate surface area is 81.9 Å². The Morgan fingerprint density at radius 3 is 2.50 bits per heavy atom. The summed E-state index contributed by atoms with van der Waals surface area (Å²) >= 11 is 0. The average Bonchev–Trinajstić information content (AvgIpc) is 2.30. The van der Waals surface area contributed by atoms with E-state index in [4.69, 9.17) is 9.47 Å². The highest BCUT2D eigenvalue weighted by molar-refractivity contribution is 5.83. The van der Waals surface area contributed by atoms with Gasteiger partial charge in [-0.1, -0.05) is 30.3 Å². The summed E-state index contributed by atoms with van der Waals surface area (Å²) in [6, 6.07) is 9.46. The Bertz CT molecular complexity index is 354. The minimum absolute atomic E-state index is 0.280. The van der Waals surface area contributed by atoms with Crippen LogP contribution < -0.4 is 0 Å². The lowest BCUT2D eigenvalue weighted by Crippen LogP contribution is -2.13. The second kappa shape index (κ2) is 3.96. The molecule has 1 heterocycles. The van der Waals surface area contributed by atoms with E-state index in [1.165, 1.54) is 0 Å². The zero-order chi connectivity index (χ0) is 9.80. The summed E-state index contributed by atoms with van der Waals surface area (Å²) in [6.07, 6.45) is 0.682. The SMILES string of the molecule is O=CC1=C(c2ccccc2)OCCO1. The lowest BCUT2D eigenvalue weighted by atomic mass is 10.1. The first-order valence-corrected chi connectivity index (χ1v) is 4.42. The number of allylic oxidation sites excluding steroid dienone is 1. The minimum atomic E-state index is 0.280. The molecule has 0 radical (unpaired) electrons. The van der Waals surface area contributed by atoms with Gasteiger partial charge in [-0.15, -0.1) is 0 Å². The molecular weight excluding hydrogens is 180 g/mol. The molecule has 0 amide bonds. The normalized spacial score (nSPS) is 15.7. The van der Waals surface area contributed by atoms with Gasteiger partial charge in [0.15, 0.2) is 12.0 Å². The first-order valence-electron chi connectivity index (χ1n) is 4.42. The molecular formula is C11H10O3. The predicted molar refractivity (Wildman–Crippen MR) is 51.3 cm³/mol. The number of hydrogen-bond donors (Lipinski definition) is 0. The Kier molecular flexibility index (Phi) is 2.49. The molecule has 0 aromatic heterocycles. The molecule has 0 aliphatic carbocycles. The van der Waals surface area contributed by atoms with Gasteiger partial charge in [-0.3, -0.25) is 4.79 Å². The largest absolute Gasteiger partial charge is 0.485 e. The van der Waals surface area contributed by atoms with Gasteiger partial charge in [0.25, 0.3) is 0 Å². The standard InChI is InChI=1S/C11H10O3/c12-8-10-11(14-7-6-13-10)9-4-2-1-3-5-9/h1-5,8H,6-7H2. The third-order valence-corrected chi connectivity index (χ3v) is 1.95. The van der Waals surface area contributed by atoms with Gasteiger partial charge < -0.3 is 9.47 Å². The number of rotatable bonds is 2. The molecule has 0 fully saturated rings. The fourth-order valence-electron chi connectivity index (χ4n) is 1.33. The molecule has 3 heteroatoms. The van der Waals surface area contributed by atoms with Crippen molar-refractivity contribution >= 4 is 12.0 Å². The van der Waals surface area contributed by atoms with E-state index < -0.39 is 0 Å². The Morgan fingerprint density at radius 1 is 1.07 bits per heavy atom. The third-order valence-electron chi connectivity index (χ3n) is 1.95. The molecule has 0 bridgehead atoms. The van der Waals surface area contributed by atoms with Gasteiger partial charge in [0, 0.05) is 5.56 Å². The maximum atomic E-state index is 10.7. The van der Waals surface area contributed by atoms with E-state index in [1.54, 1.807) is 0 Å². The van der Waals surface area contributed by atoms with Gasteiger partial charge in [0.05, 0.1) is 0 Å². The van der Waals surface area contributed by atoms with Gasteiger partial charge in [-0.2, -0.15) is 0 Å². The molecule has 14 heavy (non-hydrogen) atoms. The zero-order valence-electron chi connectivity index (χ0n) is 7.60.